The molecule has 0 aromatic heterocycles. The number of benzene rings is 6. The zero-order valence-electron chi connectivity index (χ0n) is 25.0. The molecule has 0 bridgehead atoms. The Morgan fingerprint density at radius 1 is 0.419 bits per heavy atom. The van der Waals surface area contributed by atoms with Gasteiger partial charge in [-0.3, -0.25) is 0 Å². The first-order valence-electron chi connectivity index (χ1n) is 14.0. The fraction of sp³-hybridized carbons (Fsp3) is 0.105. The van der Waals surface area contributed by atoms with E-state index in [0.717, 1.165) is 0 Å². The van der Waals surface area contributed by atoms with Gasteiger partial charge >= 0.3 is 26.2 Å². The predicted octanol–water partition coefficient (Wildman–Crippen LogP) is 5.31. The van der Waals surface area contributed by atoms with Crippen molar-refractivity contribution < 1.29 is 51.0 Å². The van der Waals surface area contributed by atoms with Crippen LogP contribution in [0.4, 0.5) is 0 Å². The molecule has 0 saturated heterocycles. The van der Waals surface area contributed by atoms with Crippen molar-refractivity contribution >= 4 is 81.3 Å². The molecule has 212 valence electrons. The molecule has 0 nitrogen and oxygen atoms in total. The summed E-state index contributed by atoms with van der Waals surface area (Å²) in [4.78, 5) is 0. The second-order valence-corrected chi connectivity index (χ2v) is 22.4. The van der Waals surface area contributed by atoms with Crippen LogP contribution < -0.4 is 24.8 Å². The molecule has 0 unspecified atom stereocenters. The number of fused-ring (bicyclic) bond motifs is 12. The van der Waals surface area contributed by atoms with Crippen molar-refractivity contribution in [1.29, 1.82) is 0 Å². The van der Waals surface area contributed by atoms with E-state index in [-0.39, 0.29) is 51.0 Å². The van der Waals surface area contributed by atoms with E-state index in [1.165, 1.54) is 73.7 Å². The molecule has 0 N–H and O–H groups in total. The minimum Gasteiger partial charge on any atom is -1.00 e. The van der Waals surface area contributed by atoms with Gasteiger partial charge in [0.15, 0.2) is 0 Å². The van der Waals surface area contributed by atoms with E-state index in [1.54, 1.807) is 0 Å². The van der Waals surface area contributed by atoms with Crippen LogP contribution in [0, 0.1) is 0 Å². The zero-order valence-corrected chi connectivity index (χ0v) is 30.9. The Morgan fingerprint density at radius 2 is 0.628 bits per heavy atom. The van der Waals surface area contributed by atoms with E-state index in [0.29, 0.717) is 0 Å². The number of hydrogen-bond acceptors (Lipinski definition) is 0. The Balaban J connectivity index is 0.000000188. The largest absolute Gasteiger partial charge is 4.00 e. The second kappa shape index (κ2) is 15.0. The Bertz CT molecular complexity index is 1820. The predicted molar refractivity (Wildman–Crippen MR) is 184 cm³/mol. The molecule has 0 atom stereocenters. The SMILES string of the molecule is C[Si][Si](C)(C)C.[Cl-].[Cl-].[Zr+4].c1ccc2c(c1)c1ccccc1c1[cH-]ccc21.c1ccc2c(c1)c1ccccc1c1[cH-]ccc21. The Labute approximate surface area is 289 Å². The third-order valence-electron chi connectivity index (χ3n) is 7.83. The molecule has 5 heteroatoms. The van der Waals surface area contributed by atoms with E-state index in [2.05, 4.69) is 160 Å². The molecule has 8 aromatic rings. The van der Waals surface area contributed by atoms with Crippen LogP contribution in [0.1, 0.15) is 0 Å². The van der Waals surface area contributed by atoms with Crippen LogP contribution in [-0.2, 0) is 26.2 Å². The maximum atomic E-state index is 2.39. The number of hydrogen-bond donors (Lipinski definition) is 0. The smallest absolute Gasteiger partial charge is 1.00 e. The molecular formula is C38H34Cl2Si2Zr. The quantitative estimate of drug-likeness (QED) is 0.123. The van der Waals surface area contributed by atoms with Crippen LogP contribution in [0.2, 0.25) is 26.2 Å². The van der Waals surface area contributed by atoms with E-state index in [9.17, 15) is 0 Å². The monoisotopic (exact) mass is 706 g/mol. The van der Waals surface area contributed by atoms with Crippen molar-refractivity contribution in [3.05, 3.63) is 133 Å². The maximum Gasteiger partial charge on any atom is 4.00 e. The fourth-order valence-corrected chi connectivity index (χ4v) is 5.59. The van der Waals surface area contributed by atoms with Crippen molar-refractivity contribution in [1.82, 2.24) is 0 Å². The molecule has 0 aliphatic rings. The standard InChI is InChI=1S/2C17H11.C4H12Si2.2ClH.Zr/c2*1-3-8-14-12(6-1)13-7-2-4-9-15(13)17-11-5-10-16(14)17;1-5-6(2,3)4;;;/h2*1-11H;1-4H3;2*1H;/q2*-1;;;;+4/p-2. The molecule has 2 radical (unpaired) electrons. The first-order valence-corrected chi connectivity index (χ1v) is 20.0. The average Bonchev–Trinajstić information content (AvgIpc) is 3.69. The van der Waals surface area contributed by atoms with Crippen LogP contribution in [0.15, 0.2) is 133 Å². The Hall–Kier alpha value is -2.52. The van der Waals surface area contributed by atoms with Gasteiger partial charge in [-0.2, -0.15) is 24.3 Å². The Morgan fingerprint density at radius 3 is 0.884 bits per heavy atom. The topological polar surface area (TPSA) is 0 Å². The Kier molecular flexibility index (Phi) is 12.2. The molecule has 0 aliphatic heterocycles. The summed E-state index contributed by atoms with van der Waals surface area (Å²) in [7, 11) is 0.603. The van der Waals surface area contributed by atoms with Crippen molar-refractivity contribution in [3.63, 3.8) is 0 Å². The number of rotatable bonds is 1. The van der Waals surface area contributed by atoms with Gasteiger partial charge in [-0.1, -0.05) is 156 Å². The third kappa shape index (κ3) is 7.08. The van der Waals surface area contributed by atoms with Crippen LogP contribution in [-0.4, -0.2) is 16.6 Å². The van der Waals surface area contributed by atoms with E-state index >= 15 is 0 Å². The van der Waals surface area contributed by atoms with E-state index in [1.807, 2.05) is 0 Å². The fourth-order valence-electron chi connectivity index (χ4n) is 5.59. The van der Waals surface area contributed by atoms with Crippen molar-refractivity contribution in [2.24, 2.45) is 0 Å². The summed E-state index contributed by atoms with van der Waals surface area (Å²) in [6.45, 7) is 9.48. The molecule has 0 fully saturated rings. The first-order chi connectivity index (χ1) is 19.5. The maximum absolute atomic E-state index is 2.39. The molecule has 0 aliphatic carbocycles. The van der Waals surface area contributed by atoms with E-state index in [4.69, 9.17) is 0 Å². The van der Waals surface area contributed by atoms with Crippen molar-refractivity contribution in [2.75, 3.05) is 0 Å². The summed E-state index contributed by atoms with van der Waals surface area (Å²) in [6.07, 6.45) is 0. The van der Waals surface area contributed by atoms with Gasteiger partial charge in [0.1, 0.15) is 0 Å². The van der Waals surface area contributed by atoms with Crippen LogP contribution >= 0.6 is 0 Å². The zero-order chi connectivity index (χ0) is 27.7. The van der Waals surface area contributed by atoms with Gasteiger partial charge in [0.25, 0.3) is 0 Å². The average molecular weight is 709 g/mol. The summed E-state index contributed by atoms with van der Waals surface area (Å²) in [6, 6.07) is 47.8. The summed E-state index contributed by atoms with van der Waals surface area (Å²) in [5.41, 5.74) is 0. The third-order valence-corrected chi connectivity index (χ3v) is 13.8. The van der Waals surface area contributed by atoms with Gasteiger partial charge in [0.2, 0.25) is 0 Å². The van der Waals surface area contributed by atoms with Gasteiger partial charge in [-0.15, -0.1) is 33.7 Å². The molecule has 0 heterocycles. The van der Waals surface area contributed by atoms with Crippen molar-refractivity contribution in [2.45, 2.75) is 26.2 Å². The summed E-state index contributed by atoms with van der Waals surface area (Å²) < 4.78 is 0. The molecular weight excluding hydrogens is 675 g/mol. The summed E-state index contributed by atoms with van der Waals surface area (Å²) >= 11 is 0. The normalized spacial score (nSPS) is 10.8. The molecule has 8 rings (SSSR count). The van der Waals surface area contributed by atoms with Gasteiger partial charge in [-0.25, -0.2) is 0 Å². The van der Waals surface area contributed by atoms with Gasteiger partial charge in [0.05, 0.1) is 0 Å². The summed E-state index contributed by atoms with van der Waals surface area (Å²) in [5, 5.41) is 16.2. The van der Waals surface area contributed by atoms with Crippen molar-refractivity contribution in [3.8, 4) is 0 Å². The molecule has 43 heavy (non-hydrogen) atoms. The molecule has 8 aromatic carbocycles. The van der Waals surface area contributed by atoms with Crippen LogP contribution in [0.5, 0.6) is 0 Å². The minimum atomic E-state index is -0.603. The van der Waals surface area contributed by atoms with Gasteiger partial charge in [0, 0.05) is 16.6 Å². The van der Waals surface area contributed by atoms with E-state index < -0.39 is 7.59 Å². The van der Waals surface area contributed by atoms with Gasteiger partial charge < -0.3 is 24.8 Å². The van der Waals surface area contributed by atoms with Gasteiger partial charge in [-0.05, 0) is 10.8 Å². The first kappa shape index (κ1) is 35.0. The number of halogens is 2. The van der Waals surface area contributed by atoms with Crippen LogP contribution in [0.25, 0.3) is 64.6 Å². The minimum absolute atomic E-state index is 0. The molecule has 0 spiro atoms. The molecule has 0 amide bonds. The summed E-state index contributed by atoms with van der Waals surface area (Å²) in [5.74, 6) is 0. The second-order valence-electron chi connectivity index (χ2n) is 11.4. The van der Waals surface area contributed by atoms with Crippen LogP contribution in [0.3, 0.4) is 0 Å². The molecule has 0 saturated carbocycles.